The van der Waals surface area contributed by atoms with Crippen LogP contribution in [-0.4, -0.2) is 29.9 Å². The molecule has 1 aromatic heterocycles. The number of carbonyl (C=O) groups is 2. The molecular weight excluding hydrogens is 338 g/mol. The van der Waals surface area contributed by atoms with E-state index in [1.54, 1.807) is 10.3 Å². The van der Waals surface area contributed by atoms with Crippen molar-refractivity contribution in [1.82, 2.24) is 10.3 Å². The van der Waals surface area contributed by atoms with Gasteiger partial charge in [0, 0.05) is 11.9 Å². The molecule has 0 aliphatic carbocycles. The highest BCUT2D eigenvalue weighted by molar-refractivity contribution is 7.09. The molecular formula is C18H21N3O3S. The molecule has 0 spiro atoms. The van der Waals surface area contributed by atoms with Gasteiger partial charge in [-0.3, -0.25) is 14.5 Å². The summed E-state index contributed by atoms with van der Waals surface area (Å²) in [6.45, 7) is 5.22. The molecule has 0 saturated carbocycles. The fourth-order valence-electron chi connectivity index (χ4n) is 2.52. The Morgan fingerprint density at radius 2 is 2.20 bits per heavy atom. The number of carbonyl (C=O) groups excluding carboxylic acids is 2. The topological polar surface area (TPSA) is 71.5 Å². The first-order valence-corrected chi connectivity index (χ1v) is 9.17. The summed E-state index contributed by atoms with van der Waals surface area (Å²) < 4.78 is 5.44. The number of hydrogen-bond donors (Lipinski definition) is 1. The van der Waals surface area contributed by atoms with Crippen molar-refractivity contribution in [3.63, 3.8) is 0 Å². The number of amides is 2. The molecule has 3 rings (SSSR count). The highest BCUT2D eigenvalue weighted by Gasteiger charge is 2.26. The van der Waals surface area contributed by atoms with E-state index in [1.807, 2.05) is 24.3 Å². The van der Waals surface area contributed by atoms with Crippen molar-refractivity contribution in [2.75, 3.05) is 18.1 Å². The molecule has 25 heavy (non-hydrogen) atoms. The predicted octanol–water partition coefficient (Wildman–Crippen LogP) is 2.84. The van der Waals surface area contributed by atoms with Gasteiger partial charge in [0.15, 0.2) is 6.61 Å². The molecule has 0 atom stereocenters. The van der Waals surface area contributed by atoms with Crippen LogP contribution in [0.4, 0.5) is 5.69 Å². The van der Waals surface area contributed by atoms with Crippen molar-refractivity contribution >= 4 is 28.8 Å². The van der Waals surface area contributed by atoms with Gasteiger partial charge >= 0.3 is 0 Å². The van der Waals surface area contributed by atoms with Crippen LogP contribution in [0, 0.1) is 5.92 Å². The van der Waals surface area contributed by atoms with Gasteiger partial charge in [-0.1, -0.05) is 26.0 Å². The first kappa shape index (κ1) is 17.4. The van der Waals surface area contributed by atoms with Crippen LogP contribution in [-0.2, 0) is 11.3 Å². The number of nitrogens with zero attached hydrogens (tertiary/aromatic N) is 2. The minimum Gasteiger partial charge on any atom is -0.482 e. The van der Waals surface area contributed by atoms with Gasteiger partial charge in [0.1, 0.15) is 16.5 Å². The summed E-state index contributed by atoms with van der Waals surface area (Å²) in [5.41, 5.74) is 1.13. The van der Waals surface area contributed by atoms with Gasteiger partial charge in [-0.05, 0) is 24.5 Å². The number of anilines is 1. The monoisotopic (exact) mass is 359 g/mol. The van der Waals surface area contributed by atoms with Crippen LogP contribution in [0.15, 0.2) is 29.6 Å². The normalized spacial score (nSPS) is 13.6. The molecule has 1 aliphatic heterocycles. The first-order valence-electron chi connectivity index (χ1n) is 8.29. The van der Waals surface area contributed by atoms with E-state index >= 15 is 0 Å². The molecule has 1 aliphatic rings. The highest BCUT2D eigenvalue weighted by atomic mass is 32.1. The molecule has 6 nitrogen and oxygen atoms in total. The molecule has 2 aromatic rings. The number of benzene rings is 1. The Morgan fingerprint density at radius 3 is 3.00 bits per heavy atom. The van der Waals surface area contributed by atoms with E-state index in [-0.39, 0.29) is 18.4 Å². The van der Waals surface area contributed by atoms with E-state index in [0.29, 0.717) is 30.5 Å². The zero-order valence-corrected chi connectivity index (χ0v) is 15.1. The van der Waals surface area contributed by atoms with Gasteiger partial charge in [0.2, 0.25) is 0 Å². The van der Waals surface area contributed by atoms with Crippen LogP contribution < -0.4 is 15.0 Å². The average molecular weight is 359 g/mol. The minimum atomic E-state index is -0.170. The van der Waals surface area contributed by atoms with Crippen molar-refractivity contribution in [1.29, 1.82) is 0 Å². The third-order valence-corrected chi connectivity index (χ3v) is 4.73. The Bertz CT molecular complexity index is 772. The predicted molar refractivity (Wildman–Crippen MR) is 97.0 cm³/mol. The van der Waals surface area contributed by atoms with Gasteiger partial charge < -0.3 is 10.1 Å². The maximum Gasteiger partial charge on any atom is 0.270 e. The molecule has 7 heteroatoms. The third kappa shape index (κ3) is 4.17. The molecule has 0 bridgehead atoms. The average Bonchev–Trinajstić information content (AvgIpc) is 3.06. The summed E-state index contributed by atoms with van der Waals surface area (Å²) in [5.74, 6) is 0.942. The Hall–Kier alpha value is -2.41. The van der Waals surface area contributed by atoms with Crippen LogP contribution in [0.25, 0.3) is 0 Å². The van der Waals surface area contributed by atoms with Crippen LogP contribution in [0.2, 0.25) is 0 Å². The van der Waals surface area contributed by atoms with Crippen molar-refractivity contribution in [2.24, 2.45) is 5.92 Å². The number of thiazole rings is 1. The summed E-state index contributed by atoms with van der Waals surface area (Å²) in [5, 5.41) is 5.33. The van der Waals surface area contributed by atoms with E-state index in [0.717, 1.165) is 17.1 Å². The van der Waals surface area contributed by atoms with Crippen LogP contribution in [0.1, 0.15) is 35.8 Å². The number of aromatic nitrogens is 1. The summed E-state index contributed by atoms with van der Waals surface area (Å²) in [7, 11) is 0. The Kier molecular flexibility index (Phi) is 5.33. The number of rotatable bonds is 6. The van der Waals surface area contributed by atoms with Crippen LogP contribution in [0.3, 0.4) is 0 Å². The Balaban J connectivity index is 1.67. The van der Waals surface area contributed by atoms with Crippen molar-refractivity contribution in [2.45, 2.75) is 26.8 Å². The van der Waals surface area contributed by atoms with Gasteiger partial charge in [-0.15, -0.1) is 11.3 Å². The van der Waals surface area contributed by atoms with E-state index in [2.05, 4.69) is 24.1 Å². The Morgan fingerprint density at radius 1 is 1.40 bits per heavy atom. The zero-order valence-electron chi connectivity index (χ0n) is 14.3. The summed E-state index contributed by atoms with van der Waals surface area (Å²) in [6, 6.07) is 7.42. The molecule has 132 valence electrons. The van der Waals surface area contributed by atoms with Gasteiger partial charge in [0.05, 0.1) is 12.2 Å². The second-order valence-electron chi connectivity index (χ2n) is 6.30. The van der Waals surface area contributed by atoms with Crippen molar-refractivity contribution < 1.29 is 14.3 Å². The summed E-state index contributed by atoms with van der Waals surface area (Å²) in [6.07, 6.45) is 0.932. The molecule has 0 radical (unpaired) electrons. The van der Waals surface area contributed by atoms with E-state index in [1.165, 1.54) is 11.3 Å². The third-order valence-electron chi connectivity index (χ3n) is 3.89. The number of nitrogens with one attached hydrogen (secondary N) is 1. The van der Waals surface area contributed by atoms with Gasteiger partial charge in [0.25, 0.3) is 11.8 Å². The maximum absolute atomic E-state index is 12.2. The van der Waals surface area contributed by atoms with E-state index < -0.39 is 0 Å². The van der Waals surface area contributed by atoms with Crippen LogP contribution in [0.5, 0.6) is 5.75 Å². The number of para-hydroxylation sites is 2. The zero-order chi connectivity index (χ0) is 17.8. The summed E-state index contributed by atoms with van der Waals surface area (Å²) in [4.78, 5) is 30.4. The lowest BCUT2D eigenvalue weighted by Crippen LogP contribution is -2.38. The SMILES string of the molecule is CC(C)CCNC(=O)c1csc(CN2C(=O)COc3ccccc32)n1. The minimum absolute atomic E-state index is 0.0188. The standard InChI is InChI=1S/C18H21N3O3S/c1-12(2)7-8-19-18(23)13-11-25-16(20-13)9-21-14-5-3-4-6-15(14)24-10-17(21)22/h3-6,11-12H,7-10H2,1-2H3,(H,19,23). The second-order valence-corrected chi connectivity index (χ2v) is 7.24. The fraction of sp³-hybridized carbons (Fsp3) is 0.389. The lowest BCUT2D eigenvalue weighted by molar-refractivity contribution is -0.121. The first-order chi connectivity index (χ1) is 12.0. The van der Waals surface area contributed by atoms with Gasteiger partial charge in [-0.25, -0.2) is 4.98 Å². The van der Waals surface area contributed by atoms with Crippen molar-refractivity contribution in [3.05, 3.63) is 40.3 Å². The highest BCUT2D eigenvalue weighted by Crippen LogP contribution is 2.32. The molecule has 0 unspecified atom stereocenters. The lowest BCUT2D eigenvalue weighted by Gasteiger charge is -2.28. The quantitative estimate of drug-likeness (QED) is 0.861. The fourth-order valence-corrected chi connectivity index (χ4v) is 3.28. The largest absolute Gasteiger partial charge is 0.482 e. The smallest absolute Gasteiger partial charge is 0.270 e. The lowest BCUT2D eigenvalue weighted by atomic mass is 10.1. The molecule has 1 N–H and O–H groups in total. The second kappa shape index (κ2) is 7.65. The number of fused-ring (bicyclic) bond motifs is 1. The van der Waals surface area contributed by atoms with Crippen LogP contribution >= 0.6 is 11.3 Å². The number of hydrogen-bond acceptors (Lipinski definition) is 5. The molecule has 2 heterocycles. The molecule has 2 amide bonds. The molecule has 1 aromatic carbocycles. The number of ether oxygens (including phenoxy) is 1. The molecule has 0 saturated heterocycles. The van der Waals surface area contributed by atoms with Gasteiger partial charge in [-0.2, -0.15) is 0 Å². The maximum atomic E-state index is 12.2. The summed E-state index contributed by atoms with van der Waals surface area (Å²) >= 11 is 1.38. The molecule has 0 fully saturated rings. The van der Waals surface area contributed by atoms with E-state index in [4.69, 9.17) is 4.74 Å². The van der Waals surface area contributed by atoms with Crippen molar-refractivity contribution in [3.8, 4) is 5.75 Å². The Labute approximate surface area is 150 Å². The van der Waals surface area contributed by atoms with E-state index in [9.17, 15) is 9.59 Å².